The van der Waals surface area contributed by atoms with Gasteiger partial charge in [-0.1, -0.05) is 60.7 Å². The van der Waals surface area contributed by atoms with Crippen molar-refractivity contribution in [3.05, 3.63) is 107 Å². The molecule has 0 N–H and O–H groups in total. The van der Waals surface area contributed by atoms with E-state index in [2.05, 4.69) is 0 Å². The topological polar surface area (TPSA) is 61.8 Å². The van der Waals surface area contributed by atoms with Crippen molar-refractivity contribution in [2.75, 3.05) is 6.61 Å². The summed E-state index contributed by atoms with van der Waals surface area (Å²) in [6.07, 6.45) is 1.83. The van der Waals surface area contributed by atoms with Crippen LogP contribution < -0.4 is 0 Å². The van der Waals surface area contributed by atoms with Gasteiger partial charge in [-0.25, -0.2) is 9.59 Å². The van der Waals surface area contributed by atoms with E-state index >= 15 is 0 Å². The van der Waals surface area contributed by atoms with Crippen LogP contribution >= 0.6 is 0 Å². The third-order valence-electron chi connectivity index (χ3n) is 5.44. The first-order chi connectivity index (χ1) is 15.7. The van der Waals surface area contributed by atoms with Gasteiger partial charge in [0.1, 0.15) is 12.7 Å². The Balaban J connectivity index is 1.30. The van der Waals surface area contributed by atoms with Crippen LogP contribution in [0.15, 0.2) is 84.9 Å². The van der Waals surface area contributed by atoms with E-state index in [1.165, 1.54) is 0 Å². The molecule has 3 aromatic rings. The lowest BCUT2D eigenvalue weighted by Crippen LogP contribution is -2.25. The lowest BCUT2D eigenvalue weighted by atomic mass is 10.1. The van der Waals surface area contributed by atoms with Gasteiger partial charge in [-0.05, 0) is 54.2 Å². The van der Waals surface area contributed by atoms with E-state index < -0.39 is 0 Å². The molecule has 1 fully saturated rings. The van der Waals surface area contributed by atoms with Crippen LogP contribution in [0, 0.1) is 5.92 Å². The molecule has 0 aliphatic heterocycles. The maximum Gasteiger partial charge on any atom is 0.338 e. The predicted molar refractivity (Wildman–Crippen MR) is 120 cm³/mol. The molecule has 3 aromatic carbocycles. The second-order valence-electron chi connectivity index (χ2n) is 7.87. The average molecular weight is 431 g/mol. The summed E-state index contributed by atoms with van der Waals surface area (Å²) in [5.74, 6) is -0.327. The van der Waals surface area contributed by atoms with Gasteiger partial charge in [-0.15, -0.1) is 0 Å². The van der Waals surface area contributed by atoms with Crippen molar-refractivity contribution in [2.24, 2.45) is 5.92 Å². The van der Waals surface area contributed by atoms with E-state index in [4.69, 9.17) is 14.2 Å². The van der Waals surface area contributed by atoms with Gasteiger partial charge in [0.25, 0.3) is 0 Å². The number of benzene rings is 3. The van der Waals surface area contributed by atoms with Gasteiger partial charge in [0.15, 0.2) is 0 Å². The zero-order valence-corrected chi connectivity index (χ0v) is 17.8. The zero-order chi connectivity index (χ0) is 22.2. The monoisotopic (exact) mass is 430 g/mol. The molecule has 1 atom stereocenters. The summed E-state index contributed by atoms with van der Waals surface area (Å²) in [5.41, 5.74) is 2.90. The number of esters is 2. The van der Waals surface area contributed by atoms with Crippen LogP contribution in [0.4, 0.5) is 0 Å². The van der Waals surface area contributed by atoms with Crippen molar-refractivity contribution >= 4 is 11.9 Å². The van der Waals surface area contributed by atoms with Crippen LogP contribution in [0.3, 0.4) is 0 Å². The standard InChI is InChI=1S/C27H26O5/c28-26(21-9-3-1-4-10-21)31-18-24-14-8-7-13-23(24)17-30-19-25(20-15-16-20)32-27(29)22-11-5-2-6-12-22/h1-14,20,25H,15-19H2/t25-/m1/s1. The molecule has 0 radical (unpaired) electrons. The maximum atomic E-state index is 12.4. The van der Waals surface area contributed by atoms with Crippen molar-refractivity contribution in [3.8, 4) is 0 Å². The van der Waals surface area contributed by atoms with Gasteiger partial charge >= 0.3 is 11.9 Å². The summed E-state index contributed by atoms with van der Waals surface area (Å²) in [6, 6.07) is 25.6. The smallest absolute Gasteiger partial charge is 0.338 e. The number of ether oxygens (including phenoxy) is 3. The van der Waals surface area contributed by atoms with E-state index in [1.54, 1.807) is 36.4 Å². The van der Waals surface area contributed by atoms with Crippen molar-refractivity contribution in [1.29, 1.82) is 0 Å². The zero-order valence-electron chi connectivity index (χ0n) is 17.8. The summed E-state index contributed by atoms with van der Waals surface area (Å²) >= 11 is 0. The van der Waals surface area contributed by atoms with Crippen LogP contribution in [-0.4, -0.2) is 24.6 Å². The molecule has 0 saturated heterocycles. The van der Waals surface area contributed by atoms with E-state index in [-0.39, 0.29) is 24.6 Å². The number of carbonyl (C=O) groups excluding carboxylic acids is 2. The van der Waals surface area contributed by atoms with Crippen LogP contribution in [-0.2, 0) is 27.4 Å². The highest BCUT2D eigenvalue weighted by Crippen LogP contribution is 2.35. The molecule has 0 amide bonds. The lowest BCUT2D eigenvalue weighted by Gasteiger charge is -2.18. The molecule has 5 heteroatoms. The predicted octanol–water partition coefficient (Wildman–Crippen LogP) is 5.20. The summed E-state index contributed by atoms with van der Waals surface area (Å²) in [4.78, 5) is 24.6. The van der Waals surface area contributed by atoms with Crippen molar-refractivity contribution in [3.63, 3.8) is 0 Å². The largest absolute Gasteiger partial charge is 0.457 e. The Hall–Kier alpha value is -3.44. The second kappa shape index (κ2) is 10.7. The lowest BCUT2D eigenvalue weighted by molar-refractivity contribution is -0.0161. The van der Waals surface area contributed by atoms with Gasteiger partial charge in [0, 0.05) is 0 Å². The molecule has 1 aliphatic carbocycles. The van der Waals surface area contributed by atoms with E-state index in [1.807, 2.05) is 48.5 Å². The quantitative estimate of drug-likeness (QED) is 0.414. The fourth-order valence-corrected chi connectivity index (χ4v) is 3.44. The molecule has 4 rings (SSSR count). The summed E-state index contributed by atoms with van der Waals surface area (Å²) in [7, 11) is 0. The molecule has 32 heavy (non-hydrogen) atoms. The minimum absolute atomic E-state index is 0.169. The van der Waals surface area contributed by atoms with E-state index in [0.717, 1.165) is 24.0 Å². The minimum atomic E-state index is -0.358. The molecule has 5 nitrogen and oxygen atoms in total. The molecule has 1 aliphatic rings. The van der Waals surface area contributed by atoms with Gasteiger partial charge < -0.3 is 14.2 Å². The highest BCUT2D eigenvalue weighted by molar-refractivity contribution is 5.89. The Morgan fingerprint density at radius 1 is 0.719 bits per heavy atom. The molecular formula is C27H26O5. The number of carbonyl (C=O) groups is 2. The molecular weight excluding hydrogens is 404 g/mol. The van der Waals surface area contributed by atoms with E-state index in [9.17, 15) is 9.59 Å². The molecule has 0 spiro atoms. The normalized spacial score (nSPS) is 13.9. The number of hydrogen-bond acceptors (Lipinski definition) is 5. The van der Waals surface area contributed by atoms with Crippen LogP contribution in [0.1, 0.15) is 44.7 Å². The Morgan fingerprint density at radius 3 is 1.84 bits per heavy atom. The SMILES string of the molecule is O=C(OCc1ccccc1COC[C@@H](OC(=O)c1ccccc1)C1CC1)c1ccccc1. The van der Waals surface area contributed by atoms with Crippen LogP contribution in [0.25, 0.3) is 0 Å². The van der Waals surface area contributed by atoms with Crippen LogP contribution in [0.5, 0.6) is 0 Å². The third kappa shape index (κ3) is 6.05. The Kier molecular flexibility index (Phi) is 7.31. The first-order valence-corrected chi connectivity index (χ1v) is 10.8. The Labute approximate surface area is 187 Å². The summed E-state index contributed by atoms with van der Waals surface area (Å²) in [6.45, 7) is 0.856. The number of hydrogen-bond donors (Lipinski definition) is 0. The maximum absolute atomic E-state index is 12.4. The number of rotatable bonds is 10. The van der Waals surface area contributed by atoms with Gasteiger partial charge in [-0.3, -0.25) is 0 Å². The second-order valence-corrected chi connectivity index (χ2v) is 7.87. The highest BCUT2D eigenvalue weighted by Gasteiger charge is 2.34. The van der Waals surface area contributed by atoms with Gasteiger partial charge in [0.05, 0.1) is 24.3 Å². The fraction of sp³-hybridized carbons (Fsp3) is 0.259. The fourth-order valence-electron chi connectivity index (χ4n) is 3.44. The molecule has 0 aromatic heterocycles. The molecule has 164 valence electrons. The van der Waals surface area contributed by atoms with Crippen molar-refractivity contribution in [2.45, 2.75) is 32.2 Å². The first kappa shape index (κ1) is 21.8. The Morgan fingerprint density at radius 2 is 1.25 bits per heavy atom. The molecule has 0 heterocycles. The molecule has 0 bridgehead atoms. The van der Waals surface area contributed by atoms with Crippen molar-refractivity contribution in [1.82, 2.24) is 0 Å². The molecule has 0 unspecified atom stereocenters. The van der Waals surface area contributed by atoms with E-state index in [0.29, 0.717) is 30.3 Å². The van der Waals surface area contributed by atoms with Gasteiger partial charge in [-0.2, -0.15) is 0 Å². The summed E-state index contributed by atoms with van der Waals surface area (Å²) in [5, 5.41) is 0. The summed E-state index contributed by atoms with van der Waals surface area (Å²) < 4.78 is 17.1. The average Bonchev–Trinajstić information content (AvgIpc) is 3.69. The Bertz CT molecular complexity index is 1030. The van der Waals surface area contributed by atoms with Crippen LogP contribution in [0.2, 0.25) is 0 Å². The third-order valence-corrected chi connectivity index (χ3v) is 5.44. The molecule has 1 saturated carbocycles. The minimum Gasteiger partial charge on any atom is -0.457 e. The first-order valence-electron chi connectivity index (χ1n) is 10.8. The van der Waals surface area contributed by atoms with Gasteiger partial charge in [0.2, 0.25) is 0 Å². The van der Waals surface area contributed by atoms with Crippen molar-refractivity contribution < 1.29 is 23.8 Å². The highest BCUT2D eigenvalue weighted by atomic mass is 16.6.